The van der Waals surface area contributed by atoms with Gasteiger partial charge >= 0.3 is 11.9 Å². The fourth-order valence-corrected chi connectivity index (χ4v) is 3.41. The van der Waals surface area contributed by atoms with Crippen LogP contribution < -0.4 is 9.47 Å². The second kappa shape index (κ2) is 8.42. The molecule has 0 bridgehead atoms. The molecular weight excluding hydrogens is 392 g/mol. The summed E-state index contributed by atoms with van der Waals surface area (Å²) in [5, 5.41) is 1.37. The highest BCUT2D eigenvalue weighted by Gasteiger charge is 2.28. The first kappa shape index (κ1) is 22.3. The number of fused-ring (bicyclic) bond motifs is 2. The van der Waals surface area contributed by atoms with E-state index in [1.165, 1.54) is 0 Å². The van der Waals surface area contributed by atoms with Gasteiger partial charge in [-0.2, -0.15) is 0 Å². The molecule has 0 aromatic heterocycles. The molecule has 0 radical (unpaired) electrons. The van der Waals surface area contributed by atoms with Gasteiger partial charge in [0.05, 0.1) is 5.76 Å². The van der Waals surface area contributed by atoms with E-state index in [1.54, 1.807) is 13.8 Å². The molecule has 31 heavy (non-hydrogen) atoms. The maximum Gasteiger partial charge on any atom is 0.338 e. The van der Waals surface area contributed by atoms with Gasteiger partial charge in [-0.25, -0.2) is 9.59 Å². The van der Waals surface area contributed by atoms with Gasteiger partial charge in [-0.3, -0.25) is 0 Å². The largest absolute Gasteiger partial charge is 0.492 e. The molecule has 1 aliphatic rings. The van der Waals surface area contributed by atoms with Crippen LogP contribution in [-0.4, -0.2) is 17.5 Å². The molecule has 2 aromatic rings. The highest BCUT2D eigenvalue weighted by atomic mass is 16.5. The van der Waals surface area contributed by atoms with Gasteiger partial charge in [-0.05, 0) is 47.1 Å². The third-order valence-corrected chi connectivity index (χ3v) is 4.74. The van der Waals surface area contributed by atoms with Crippen LogP contribution in [-0.2, 0) is 27.2 Å². The number of hydrogen-bond acceptors (Lipinski definition) is 5. The van der Waals surface area contributed by atoms with Crippen LogP contribution in [0.2, 0.25) is 0 Å². The first-order valence-electron chi connectivity index (χ1n) is 10.2. The molecule has 0 unspecified atom stereocenters. The van der Waals surface area contributed by atoms with E-state index in [-0.39, 0.29) is 5.60 Å². The maximum absolute atomic E-state index is 12.4. The average molecular weight is 421 g/mol. The number of benzene rings is 2. The lowest BCUT2D eigenvalue weighted by Gasteiger charge is -2.29. The topological polar surface area (TPSA) is 61.8 Å². The van der Waals surface area contributed by atoms with Gasteiger partial charge in [0.2, 0.25) is 0 Å². The summed E-state index contributed by atoms with van der Waals surface area (Å²) >= 11 is 0. The molecule has 0 atom stereocenters. The Morgan fingerprint density at radius 1 is 0.871 bits per heavy atom. The van der Waals surface area contributed by atoms with Crippen LogP contribution in [0.3, 0.4) is 0 Å². The standard InChI is InChI=1S/C26H28O5/c1-15(2)24(27)29-22-18-10-8-9-11-19(18)23(30-25(28)16(3)4)21-14-17(12-13-20(21)22)31-26(5,6)7/h8-12H,1,3,13-14H2,2,4-7H3. The Morgan fingerprint density at radius 3 is 1.81 bits per heavy atom. The van der Waals surface area contributed by atoms with Gasteiger partial charge in [0.1, 0.15) is 17.1 Å². The summed E-state index contributed by atoms with van der Waals surface area (Å²) in [5.74, 6) is 0.670. The number of rotatable bonds is 5. The fourth-order valence-electron chi connectivity index (χ4n) is 3.41. The van der Waals surface area contributed by atoms with E-state index in [0.29, 0.717) is 46.3 Å². The monoisotopic (exact) mass is 420 g/mol. The lowest BCUT2D eigenvalue weighted by atomic mass is 9.89. The van der Waals surface area contributed by atoms with Crippen molar-refractivity contribution in [2.45, 2.75) is 53.1 Å². The molecule has 5 nitrogen and oxygen atoms in total. The predicted molar refractivity (Wildman–Crippen MR) is 121 cm³/mol. The summed E-state index contributed by atoms with van der Waals surface area (Å²) in [4.78, 5) is 24.8. The van der Waals surface area contributed by atoms with E-state index in [4.69, 9.17) is 14.2 Å². The zero-order chi connectivity index (χ0) is 22.9. The molecule has 2 aromatic carbocycles. The van der Waals surface area contributed by atoms with E-state index in [1.807, 2.05) is 51.1 Å². The highest BCUT2D eigenvalue weighted by Crippen LogP contribution is 2.45. The second-order valence-corrected chi connectivity index (χ2v) is 8.77. The van der Waals surface area contributed by atoms with Crippen LogP contribution in [0.1, 0.15) is 45.7 Å². The van der Waals surface area contributed by atoms with Gasteiger partial charge in [-0.15, -0.1) is 0 Å². The van der Waals surface area contributed by atoms with Gasteiger partial charge in [0.15, 0.2) is 0 Å². The Kier molecular flexibility index (Phi) is 6.07. The Hall–Kier alpha value is -3.34. The third kappa shape index (κ3) is 4.88. The van der Waals surface area contributed by atoms with Crippen molar-refractivity contribution < 1.29 is 23.8 Å². The SMILES string of the molecule is C=C(C)C(=O)Oc1c2c(c(OC(=O)C(=C)C)c3ccccc13)CC(OC(C)(C)C)=CC2. The van der Waals surface area contributed by atoms with E-state index >= 15 is 0 Å². The molecule has 0 amide bonds. The normalized spacial score (nSPS) is 13.1. The predicted octanol–water partition coefficient (Wildman–Crippen LogP) is 5.60. The van der Waals surface area contributed by atoms with Crippen LogP contribution in [0.25, 0.3) is 10.8 Å². The quantitative estimate of drug-likeness (QED) is 0.358. The average Bonchev–Trinajstić information content (AvgIpc) is 2.68. The molecule has 1 aliphatic carbocycles. The number of esters is 2. The molecule has 0 saturated carbocycles. The Morgan fingerprint density at radius 2 is 1.35 bits per heavy atom. The first-order chi connectivity index (χ1) is 14.5. The van der Waals surface area contributed by atoms with Crippen LogP contribution in [0.5, 0.6) is 11.5 Å². The Bertz CT molecular complexity index is 1130. The Balaban J connectivity index is 2.24. The van der Waals surface area contributed by atoms with Crippen molar-refractivity contribution >= 4 is 22.7 Å². The summed E-state index contributed by atoms with van der Waals surface area (Å²) in [5.41, 5.74) is 1.79. The minimum Gasteiger partial charge on any atom is -0.492 e. The summed E-state index contributed by atoms with van der Waals surface area (Å²) in [6.07, 6.45) is 2.86. The molecule has 162 valence electrons. The third-order valence-electron chi connectivity index (χ3n) is 4.74. The number of ether oxygens (including phenoxy) is 3. The van der Waals surface area contributed by atoms with Gasteiger partial charge in [0.25, 0.3) is 0 Å². The van der Waals surface area contributed by atoms with Crippen molar-refractivity contribution in [1.82, 2.24) is 0 Å². The van der Waals surface area contributed by atoms with Crippen molar-refractivity contribution in [3.8, 4) is 11.5 Å². The number of allylic oxidation sites excluding steroid dienone is 2. The lowest BCUT2D eigenvalue weighted by molar-refractivity contribution is -0.131. The molecule has 0 heterocycles. The van der Waals surface area contributed by atoms with Crippen LogP contribution in [0.4, 0.5) is 0 Å². The zero-order valence-electron chi connectivity index (χ0n) is 18.8. The van der Waals surface area contributed by atoms with Gasteiger partial charge in [0, 0.05) is 39.5 Å². The van der Waals surface area contributed by atoms with Crippen LogP contribution in [0, 0.1) is 0 Å². The van der Waals surface area contributed by atoms with Crippen molar-refractivity contribution in [2.24, 2.45) is 0 Å². The van der Waals surface area contributed by atoms with Crippen LogP contribution in [0.15, 0.2) is 60.4 Å². The summed E-state index contributed by atoms with van der Waals surface area (Å²) in [7, 11) is 0. The van der Waals surface area contributed by atoms with E-state index < -0.39 is 11.9 Å². The Labute approximate surface area is 183 Å². The molecule has 0 aliphatic heterocycles. The molecule has 0 spiro atoms. The number of hydrogen-bond donors (Lipinski definition) is 0. The van der Waals surface area contributed by atoms with Crippen molar-refractivity contribution in [1.29, 1.82) is 0 Å². The van der Waals surface area contributed by atoms with Gasteiger partial charge < -0.3 is 14.2 Å². The zero-order valence-corrected chi connectivity index (χ0v) is 18.8. The van der Waals surface area contributed by atoms with Crippen molar-refractivity contribution in [2.75, 3.05) is 0 Å². The lowest BCUT2D eigenvalue weighted by Crippen LogP contribution is -2.22. The maximum atomic E-state index is 12.4. The molecule has 3 rings (SSSR count). The smallest absolute Gasteiger partial charge is 0.338 e. The molecule has 0 saturated heterocycles. The number of carbonyl (C=O) groups excluding carboxylic acids is 2. The molecule has 0 N–H and O–H groups in total. The second-order valence-electron chi connectivity index (χ2n) is 8.77. The minimum absolute atomic E-state index is 0.299. The highest BCUT2D eigenvalue weighted by molar-refractivity contribution is 6.01. The molecule has 5 heteroatoms. The molecular formula is C26H28O5. The van der Waals surface area contributed by atoms with Crippen molar-refractivity contribution in [3.63, 3.8) is 0 Å². The summed E-state index contributed by atoms with van der Waals surface area (Å²) in [6, 6.07) is 7.39. The fraction of sp³-hybridized carbons (Fsp3) is 0.308. The summed E-state index contributed by atoms with van der Waals surface area (Å²) < 4.78 is 17.7. The summed E-state index contributed by atoms with van der Waals surface area (Å²) in [6.45, 7) is 16.5. The molecule has 0 fully saturated rings. The van der Waals surface area contributed by atoms with E-state index in [0.717, 1.165) is 16.9 Å². The van der Waals surface area contributed by atoms with E-state index in [2.05, 4.69) is 13.2 Å². The van der Waals surface area contributed by atoms with Crippen molar-refractivity contribution in [3.05, 3.63) is 71.5 Å². The van der Waals surface area contributed by atoms with E-state index in [9.17, 15) is 9.59 Å². The van der Waals surface area contributed by atoms with Gasteiger partial charge in [-0.1, -0.05) is 37.4 Å². The first-order valence-corrected chi connectivity index (χ1v) is 10.2. The van der Waals surface area contributed by atoms with Crippen LogP contribution >= 0.6 is 0 Å². The minimum atomic E-state index is -0.508. The number of carbonyl (C=O) groups is 2.